The summed E-state index contributed by atoms with van der Waals surface area (Å²) in [6.45, 7) is 4.61. The fourth-order valence-corrected chi connectivity index (χ4v) is 4.67. The van der Waals surface area contributed by atoms with Crippen molar-refractivity contribution >= 4 is 5.91 Å². The predicted octanol–water partition coefficient (Wildman–Crippen LogP) is 3.55. The van der Waals surface area contributed by atoms with Crippen LogP contribution in [0.2, 0.25) is 0 Å². The molecular formula is C27H37N2O5+. The molecule has 4 rings (SSSR count). The summed E-state index contributed by atoms with van der Waals surface area (Å²) >= 11 is 0. The lowest BCUT2D eigenvalue weighted by atomic mass is 10.0. The van der Waals surface area contributed by atoms with Crippen LogP contribution in [0.15, 0.2) is 42.5 Å². The predicted molar refractivity (Wildman–Crippen MR) is 131 cm³/mol. The summed E-state index contributed by atoms with van der Waals surface area (Å²) in [5.74, 6) is 3.30. The number of ether oxygens (including phenoxy) is 4. The first kappa shape index (κ1) is 24.4. The summed E-state index contributed by atoms with van der Waals surface area (Å²) in [7, 11) is 5.71. The molecule has 2 aromatic carbocycles. The van der Waals surface area contributed by atoms with Crippen molar-refractivity contribution in [1.82, 2.24) is 4.90 Å². The van der Waals surface area contributed by atoms with Gasteiger partial charge in [0, 0.05) is 6.42 Å². The Morgan fingerprint density at radius 3 is 2.38 bits per heavy atom. The first-order chi connectivity index (χ1) is 16.5. The van der Waals surface area contributed by atoms with Crippen LogP contribution < -0.4 is 18.9 Å². The fraction of sp³-hybridized carbons (Fsp3) is 0.519. The Morgan fingerprint density at radius 1 is 1.00 bits per heavy atom. The van der Waals surface area contributed by atoms with Crippen LogP contribution in [0.5, 0.6) is 23.0 Å². The van der Waals surface area contributed by atoms with Gasteiger partial charge < -0.3 is 18.9 Å². The SMILES string of the molecule is COc1ccc(OCCC(=O)[N+](C)(C)C(Cc2ccc3c(c2)OCCO3)CN2CCCC2)cc1. The summed E-state index contributed by atoms with van der Waals surface area (Å²) < 4.78 is 22.8. The summed E-state index contributed by atoms with van der Waals surface area (Å²) in [4.78, 5) is 15.9. The molecule has 0 aromatic heterocycles. The van der Waals surface area contributed by atoms with E-state index >= 15 is 0 Å². The number of methoxy groups -OCH3 is 1. The average Bonchev–Trinajstić information content (AvgIpc) is 3.37. The number of nitrogens with zero attached hydrogens (tertiary/aromatic N) is 2. The molecule has 1 amide bonds. The highest BCUT2D eigenvalue weighted by Crippen LogP contribution is 2.32. The number of hydrogen-bond donors (Lipinski definition) is 0. The first-order valence-corrected chi connectivity index (χ1v) is 12.2. The van der Waals surface area contributed by atoms with Crippen LogP contribution in [-0.2, 0) is 11.2 Å². The largest absolute Gasteiger partial charge is 0.497 e. The second kappa shape index (κ2) is 11.1. The minimum atomic E-state index is 0.133. The fourth-order valence-electron chi connectivity index (χ4n) is 4.67. The molecule has 2 heterocycles. The van der Waals surface area contributed by atoms with Gasteiger partial charge in [0.25, 0.3) is 0 Å². The van der Waals surface area contributed by atoms with Crippen LogP contribution in [0, 0.1) is 0 Å². The molecule has 7 nitrogen and oxygen atoms in total. The average molecular weight is 470 g/mol. The molecular weight excluding hydrogens is 432 g/mol. The van der Waals surface area contributed by atoms with Crippen LogP contribution >= 0.6 is 0 Å². The molecule has 2 aromatic rings. The molecule has 0 aliphatic carbocycles. The van der Waals surface area contributed by atoms with Crippen molar-refractivity contribution in [3.8, 4) is 23.0 Å². The number of hydrogen-bond acceptors (Lipinski definition) is 6. The standard InChI is InChI=1S/C27H37N2O5/c1-29(2,27(30)12-15-32-24-9-7-23(31-3)8-10-24)22(20-28-13-4-5-14-28)18-21-6-11-25-26(19-21)34-17-16-33-25/h6-11,19,22H,4-5,12-18,20H2,1-3H3/q+1. The second-order valence-corrected chi connectivity index (χ2v) is 9.55. The maximum atomic E-state index is 13.4. The molecule has 0 spiro atoms. The van der Waals surface area contributed by atoms with Gasteiger partial charge in [0.15, 0.2) is 11.5 Å². The van der Waals surface area contributed by atoms with E-state index in [0.717, 1.165) is 49.1 Å². The molecule has 0 saturated carbocycles. The number of amides is 1. The maximum absolute atomic E-state index is 13.4. The molecule has 2 aliphatic heterocycles. The van der Waals surface area contributed by atoms with Crippen LogP contribution in [0.1, 0.15) is 24.8 Å². The smallest absolute Gasteiger partial charge is 0.317 e. The number of rotatable bonds is 10. The Kier molecular flexibility index (Phi) is 7.95. The van der Waals surface area contributed by atoms with Crippen molar-refractivity contribution in [3.05, 3.63) is 48.0 Å². The highest BCUT2D eigenvalue weighted by atomic mass is 16.6. The molecule has 1 saturated heterocycles. The number of fused-ring (bicyclic) bond motifs is 1. The minimum Gasteiger partial charge on any atom is -0.497 e. The lowest BCUT2D eigenvalue weighted by Crippen LogP contribution is -2.58. The zero-order valence-corrected chi connectivity index (χ0v) is 20.6. The zero-order valence-electron chi connectivity index (χ0n) is 20.6. The van der Waals surface area contributed by atoms with Crippen LogP contribution in [0.3, 0.4) is 0 Å². The Bertz CT molecular complexity index is 954. The summed E-state index contributed by atoms with van der Waals surface area (Å²) in [5, 5.41) is 0. The molecule has 1 fully saturated rings. The lowest BCUT2D eigenvalue weighted by Gasteiger charge is -2.38. The van der Waals surface area contributed by atoms with Gasteiger partial charge in [0.05, 0.1) is 34.2 Å². The second-order valence-electron chi connectivity index (χ2n) is 9.55. The quantitative estimate of drug-likeness (QED) is 0.496. The topological polar surface area (TPSA) is 57.2 Å². The number of quaternary nitrogens is 1. The van der Waals surface area contributed by atoms with Gasteiger partial charge in [-0.2, -0.15) is 0 Å². The number of carbonyl (C=O) groups is 1. The number of benzene rings is 2. The zero-order chi connectivity index (χ0) is 24.0. The van der Waals surface area contributed by atoms with Gasteiger partial charge in [-0.25, -0.2) is 4.79 Å². The third-order valence-corrected chi connectivity index (χ3v) is 6.95. The third-order valence-electron chi connectivity index (χ3n) is 6.95. The van der Waals surface area contributed by atoms with Gasteiger partial charge in [-0.15, -0.1) is 0 Å². The molecule has 1 atom stereocenters. The molecule has 0 bridgehead atoms. The molecule has 0 radical (unpaired) electrons. The van der Waals surface area contributed by atoms with Crippen molar-refractivity contribution in [3.63, 3.8) is 0 Å². The van der Waals surface area contributed by atoms with Crippen molar-refractivity contribution in [1.29, 1.82) is 0 Å². The molecule has 7 heteroatoms. The van der Waals surface area contributed by atoms with E-state index in [1.54, 1.807) is 7.11 Å². The highest BCUT2D eigenvalue weighted by Gasteiger charge is 2.37. The van der Waals surface area contributed by atoms with E-state index in [1.807, 2.05) is 44.4 Å². The van der Waals surface area contributed by atoms with Gasteiger partial charge in [0.1, 0.15) is 37.4 Å². The van der Waals surface area contributed by atoms with E-state index in [4.69, 9.17) is 18.9 Å². The van der Waals surface area contributed by atoms with E-state index in [1.165, 1.54) is 18.4 Å². The molecule has 184 valence electrons. The molecule has 0 N–H and O–H groups in total. The van der Waals surface area contributed by atoms with Crippen LogP contribution in [0.4, 0.5) is 0 Å². The van der Waals surface area contributed by atoms with Crippen molar-refractivity contribution in [2.75, 3.05) is 60.7 Å². The molecule has 2 aliphatic rings. The van der Waals surface area contributed by atoms with Gasteiger partial charge in [-0.05, 0) is 67.9 Å². The van der Waals surface area contributed by atoms with Crippen molar-refractivity contribution < 1.29 is 28.2 Å². The normalized spacial score (nSPS) is 16.8. The van der Waals surface area contributed by atoms with Gasteiger partial charge in [-0.3, -0.25) is 9.38 Å². The summed E-state index contributed by atoms with van der Waals surface area (Å²) in [6.07, 6.45) is 3.61. The van der Waals surface area contributed by atoms with Gasteiger partial charge in [-0.1, -0.05) is 6.07 Å². The Labute approximate surface area is 202 Å². The summed E-state index contributed by atoms with van der Waals surface area (Å²) in [5.41, 5.74) is 1.17. The lowest BCUT2D eigenvalue weighted by molar-refractivity contribution is -0.840. The third kappa shape index (κ3) is 6.02. The number of carbonyl (C=O) groups excluding carboxylic acids is 1. The summed E-state index contributed by atoms with van der Waals surface area (Å²) in [6, 6.07) is 13.7. The van der Waals surface area contributed by atoms with E-state index < -0.39 is 0 Å². The van der Waals surface area contributed by atoms with Crippen molar-refractivity contribution in [2.24, 2.45) is 0 Å². The van der Waals surface area contributed by atoms with E-state index in [9.17, 15) is 4.79 Å². The first-order valence-electron chi connectivity index (χ1n) is 12.2. The Balaban J connectivity index is 1.42. The number of likely N-dealkylation sites (N-methyl/N-ethyl adjacent to an activating group) is 1. The van der Waals surface area contributed by atoms with Crippen LogP contribution in [-0.4, -0.2) is 82.0 Å². The van der Waals surface area contributed by atoms with Gasteiger partial charge in [0.2, 0.25) is 0 Å². The van der Waals surface area contributed by atoms with Crippen LogP contribution in [0.25, 0.3) is 0 Å². The molecule has 34 heavy (non-hydrogen) atoms. The number of likely N-dealkylation sites (tertiary alicyclic amines) is 1. The highest BCUT2D eigenvalue weighted by molar-refractivity contribution is 5.69. The van der Waals surface area contributed by atoms with E-state index in [0.29, 0.717) is 30.7 Å². The van der Waals surface area contributed by atoms with E-state index in [2.05, 4.69) is 17.0 Å². The minimum absolute atomic E-state index is 0.133. The molecule has 1 unspecified atom stereocenters. The van der Waals surface area contributed by atoms with Crippen molar-refractivity contribution in [2.45, 2.75) is 31.7 Å². The maximum Gasteiger partial charge on any atom is 0.317 e. The Hall–Kier alpha value is -2.77. The Morgan fingerprint density at radius 2 is 1.68 bits per heavy atom. The monoisotopic (exact) mass is 469 g/mol. The van der Waals surface area contributed by atoms with Gasteiger partial charge >= 0.3 is 5.91 Å². The van der Waals surface area contributed by atoms with E-state index in [-0.39, 0.29) is 11.9 Å².